The highest BCUT2D eigenvalue weighted by Gasteiger charge is 2.15. The number of carbonyl (C=O) groups is 1. The van der Waals surface area contributed by atoms with E-state index in [1.165, 1.54) is 0 Å². The lowest BCUT2D eigenvalue weighted by atomic mass is 10.0. The SMILES string of the molecule is CC(=O)Cc1ccc(-c2c(Cl)cc(Cl)c(Cl)c2Cl)cc1. The summed E-state index contributed by atoms with van der Waals surface area (Å²) in [5.41, 5.74) is 2.40. The zero-order valence-electron chi connectivity index (χ0n) is 10.5. The van der Waals surface area contributed by atoms with E-state index in [9.17, 15) is 4.79 Å². The molecule has 0 aliphatic rings. The first-order chi connectivity index (χ1) is 9.40. The van der Waals surface area contributed by atoms with Crippen LogP contribution in [-0.4, -0.2) is 5.78 Å². The molecule has 5 heteroatoms. The summed E-state index contributed by atoms with van der Waals surface area (Å²) in [7, 11) is 0. The fourth-order valence-electron chi connectivity index (χ4n) is 1.91. The van der Waals surface area contributed by atoms with Crippen LogP contribution in [-0.2, 0) is 11.2 Å². The topological polar surface area (TPSA) is 17.1 Å². The summed E-state index contributed by atoms with van der Waals surface area (Å²) in [5, 5.41) is 1.35. The van der Waals surface area contributed by atoms with Crippen molar-refractivity contribution in [3.8, 4) is 11.1 Å². The van der Waals surface area contributed by atoms with Crippen LogP contribution in [0.15, 0.2) is 30.3 Å². The van der Waals surface area contributed by atoms with Gasteiger partial charge in [-0.15, -0.1) is 0 Å². The van der Waals surface area contributed by atoms with Crippen molar-refractivity contribution in [1.82, 2.24) is 0 Å². The van der Waals surface area contributed by atoms with E-state index in [0.29, 0.717) is 27.1 Å². The molecule has 0 N–H and O–H groups in total. The quantitative estimate of drug-likeness (QED) is 0.484. The van der Waals surface area contributed by atoms with Gasteiger partial charge in [-0.25, -0.2) is 0 Å². The van der Waals surface area contributed by atoms with Crippen molar-refractivity contribution in [3.63, 3.8) is 0 Å². The first kappa shape index (κ1) is 15.7. The van der Waals surface area contributed by atoms with E-state index in [1.807, 2.05) is 24.3 Å². The Labute approximate surface area is 137 Å². The zero-order chi connectivity index (χ0) is 14.9. The Balaban J connectivity index is 2.47. The molecule has 0 atom stereocenters. The van der Waals surface area contributed by atoms with Gasteiger partial charge in [-0.05, 0) is 24.1 Å². The predicted molar refractivity (Wildman–Crippen MR) is 86.3 cm³/mol. The lowest BCUT2D eigenvalue weighted by Crippen LogP contribution is -1.95. The Morgan fingerprint density at radius 2 is 1.55 bits per heavy atom. The molecule has 0 saturated carbocycles. The van der Waals surface area contributed by atoms with E-state index in [-0.39, 0.29) is 10.8 Å². The minimum absolute atomic E-state index is 0.114. The van der Waals surface area contributed by atoms with Gasteiger partial charge in [0, 0.05) is 12.0 Å². The third kappa shape index (κ3) is 3.29. The summed E-state index contributed by atoms with van der Waals surface area (Å²) in [4.78, 5) is 11.1. The Morgan fingerprint density at radius 1 is 0.950 bits per heavy atom. The Kier molecular flexibility index (Phi) is 4.98. The van der Waals surface area contributed by atoms with Crippen LogP contribution in [0.5, 0.6) is 0 Å². The van der Waals surface area contributed by atoms with Gasteiger partial charge in [0.2, 0.25) is 0 Å². The van der Waals surface area contributed by atoms with E-state index < -0.39 is 0 Å². The van der Waals surface area contributed by atoms with Crippen LogP contribution in [0.1, 0.15) is 12.5 Å². The third-order valence-electron chi connectivity index (χ3n) is 2.81. The summed E-state index contributed by atoms with van der Waals surface area (Å²) >= 11 is 24.4. The summed E-state index contributed by atoms with van der Waals surface area (Å²) in [6.07, 6.45) is 0.406. The van der Waals surface area contributed by atoms with Crippen LogP contribution < -0.4 is 0 Å². The minimum Gasteiger partial charge on any atom is -0.300 e. The highest BCUT2D eigenvalue weighted by Crippen LogP contribution is 2.42. The molecule has 0 heterocycles. The summed E-state index contributed by atoms with van der Waals surface area (Å²) < 4.78 is 0. The van der Waals surface area contributed by atoms with Crippen LogP contribution in [0, 0.1) is 0 Å². The summed E-state index contributed by atoms with van der Waals surface area (Å²) in [5.74, 6) is 0.114. The van der Waals surface area contributed by atoms with Crippen molar-refractivity contribution in [2.24, 2.45) is 0 Å². The van der Waals surface area contributed by atoms with E-state index in [1.54, 1.807) is 13.0 Å². The maximum atomic E-state index is 11.1. The van der Waals surface area contributed by atoms with Gasteiger partial charge in [0.15, 0.2) is 0 Å². The first-order valence-corrected chi connectivity index (χ1v) is 7.33. The zero-order valence-corrected chi connectivity index (χ0v) is 13.5. The van der Waals surface area contributed by atoms with Crippen molar-refractivity contribution >= 4 is 52.2 Å². The maximum absolute atomic E-state index is 11.1. The Bertz CT molecular complexity index is 663. The van der Waals surface area contributed by atoms with E-state index >= 15 is 0 Å². The average Bonchev–Trinajstić information content (AvgIpc) is 2.37. The number of Topliss-reactive ketones (excluding diaryl/α,β-unsaturated/α-hetero) is 1. The van der Waals surface area contributed by atoms with Crippen LogP contribution in [0.2, 0.25) is 20.1 Å². The first-order valence-electron chi connectivity index (χ1n) is 5.82. The van der Waals surface area contributed by atoms with Crippen molar-refractivity contribution in [3.05, 3.63) is 56.0 Å². The molecule has 0 saturated heterocycles. The van der Waals surface area contributed by atoms with Crippen molar-refractivity contribution < 1.29 is 4.79 Å². The van der Waals surface area contributed by atoms with Gasteiger partial charge in [-0.2, -0.15) is 0 Å². The molecule has 0 aromatic heterocycles. The van der Waals surface area contributed by atoms with Gasteiger partial charge in [-0.1, -0.05) is 70.7 Å². The molecule has 0 fully saturated rings. The smallest absolute Gasteiger partial charge is 0.134 e. The number of carbonyl (C=O) groups excluding carboxylic acids is 1. The summed E-state index contributed by atoms with van der Waals surface area (Å²) in [6, 6.07) is 9.01. The Hall–Kier alpha value is -0.730. The van der Waals surface area contributed by atoms with E-state index in [2.05, 4.69) is 0 Å². The second-order valence-corrected chi connectivity index (χ2v) is 5.99. The van der Waals surface area contributed by atoms with Gasteiger partial charge >= 0.3 is 0 Å². The second-order valence-electron chi connectivity index (χ2n) is 4.42. The lowest BCUT2D eigenvalue weighted by Gasteiger charge is -2.11. The second kappa shape index (κ2) is 6.36. The van der Waals surface area contributed by atoms with Crippen molar-refractivity contribution in [1.29, 1.82) is 0 Å². The Morgan fingerprint density at radius 3 is 2.10 bits per heavy atom. The van der Waals surface area contributed by atoms with E-state index in [4.69, 9.17) is 46.4 Å². The van der Waals surface area contributed by atoms with Crippen LogP contribution in [0.3, 0.4) is 0 Å². The molecule has 2 rings (SSSR count). The number of hydrogen-bond acceptors (Lipinski definition) is 1. The molecule has 0 spiro atoms. The largest absolute Gasteiger partial charge is 0.300 e. The molecule has 0 amide bonds. The number of ketones is 1. The molecule has 0 unspecified atom stereocenters. The fourth-order valence-corrected chi connectivity index (χ4v) is 3.04. The maximum Gasteiger partial charge on any atom is 0.134 e. The minimum atomic E-state index is 0.114. The van der Waals surface area contributed by atoms with Gasteiger partial charge in [0.1, 0.15) is 5.78 Å². The van der Waals surface area contributed by atoms with Crippen LogP contribution in [0.25, 0.3) is 11.1 Å². The monoisotopic (exact) mass is 346 g/mol. The normalized spacial score (nSPS) is 10.7. The van der Waals surface area contributed by atoms with Crippen molar-refractivity contribution in [2.45, 2.75) is 13.3 Å². The summed E-state index contributed by atoms with van der Waals surface area (Å²) in [6.45, 7) is 1.56. The number of rotatable bonds is 3. The average molecular weight is 348 g/mol. The van der Waals surface area contributed by atoms with Gasteiger partial charge < -0.3 is 0 Å². The number of benzene rings is 2. The van der Waals surface area contributed by atoms with E-state index in [0.717, 1.165) is 11.1 Å². The molecule has 20 heavy (non-hydrogen) atoms. The molecule has 0 aliphatic carbocycles. The molecule has 0 bridgehead atoms. The molecule has 0 aliphatic heterocycles. The highest BCUT2D eigenvalue weighted by atomic mass is 35.5. The molecule has 0 radical (unpaired) electrons. The number of halogens is 4. The third-order valence-corrected chi connectivity index (χ3v) is 4.37. The highest BCUT2D eigenvalue weighted by molar-refractivity contribution is 6.51. The predicted octanol–water partition coefficient (Wildman–Crippen LogP) is 6.10. The molecule has 2 aromatic rings. The van der Waals surface area contributed by atoms with Gasteiger partial charge in [-0.3, -0.25) is 4.79 Å². The standard InChI is InChI=1S/C15H10Cl4O/c1-8(20)6-9-2-4-10(5-3-9)13-11(16)7-12(17)14(18)15(13)19/h2-5,7H,6H2,1H3. The van der Waals surface area contributed by atoms with Crippen LogP contribution >= 0.6 is 46.4 Å². The van der Waals surface area contributed by atoms with Gasteiger partial charge in [0.25, 0.3) is 0 Å². The lowest BCUT2D eigenvalue weighted by molar-refractivity contribution is -0.116. The molecule has 1 nitrogen and oxygen atoms in total. The van der Waals surface area contributed by atoms with Crippen LogP contribution in [0.4, 0.5) is 0 Å². The molecule has 104 valence electrons. The van der Waals surface area contributed by atoms with Crippen molar-refractivity contribution in [2.75, 3.05) is 0 Å². The number of hydrogen-bond donors (Lipinski definition) is 0. The van der Waals surface area contributed by atoms with Gasteiger partial charge in [0.05, 0.1) is 20.1 Å². The fraction of sp³-hybridized carbons (Fsp3) is 0.133. The molecule has 2 aromatic carbocycles. The molecular formula is C15H10Cl4O. The molecular weight excluding hydrogens is 338 g/mol.